The van der Waals surface area contributed by atoms with Gasteiger partial charge in [0, 0.05) is 24.9 Å². The molecule has 1 heterocycles. The fraction of sp³-hybridized carbons (Fsp3) is 0.833. The van der Waals surface area contributed by atoms with E-state index in [4.69, 9.17) is 4.42 Å². The Kier molecular flexibility index (Phi) is 4.99. The molecule has 1 aromatic heterocycles. The molecule has 3 unspecified atom stereocenters. The van der Waals surface area contributed by atoms with Crippen molar-refractivity contribution >= 4 is 0 Å². The van der Waals surface area contributed by atoms with Crippen LogP contribution < -0.4 is 5.32 Å². The van der Waals surface area contributed by atoms with Crippen LogP contribution in [0.15, 0.2) is 10.6 Å². The Morgan fingerprint density at radius 2 is 2.00 bits per heavy atom. The van der Waals surface area contributed by atoms with E-state index in [9.17, 15) is 0 Å². The maximum Gasteiger partial charge on any atom is 0.195 e. The monoisotopic (exact) mass is 290 g/mol. The predicted molar refractivity (Wildman–Crippen MR) is 85.4 cm³/mol. The van der Waals surface area contributed by atoms with Crippen molar-refractivity contribution < 1.29 is 4.42 Å². The molecule has 0 spiro atoms. The quantitative estimate of drug-likeness (QED) is 0.879. The van der Waals surface area contributed by atoms with E-state index in [1.807, 2.05) is 6.20 Å². The number of aromatic nitrogens is 1. The Morgan fingerprint density at radius 1 is 1.19 bits per heavy atom. The fourth-order valence-corrected chi connectivity index (χ4v) is 4.23. The normalized spacial score (nSPS) is 29.6. The number of fused-ring (bicyclic) bond motifs is 1. The summed E-state index contributed by atoms with van der Waals surface area (Å²) in [5, 5.41) is 3.42. The van der Waals surface area contributed by atoms with E-state index in [1.165, 1.54) is 44.9 Å². The fourth-order valence-electron chi connectivity index (χ4n) is 4.23. The minimum Gasteiger partial charge on any atom is -0.445 e. The van der Waals surface area contributed by atoms with E-state index in [0.29, 0.717) is 12.0 Å². The minimum absolute atomic E-state index is 0.529. The van der Waals surface area contributed by atoms with Crippen LogP contribution in [0.25, 0.3) is 0 Å². The van der Waals surface area contributed by atoms with Crippen LogP contribution in [-0.4, -0.2) is 17.6 Å². The van der Waals surface area contributed by atoms with Crippen molar-refractivity contribution in [1.29, 1.82) is 0 Å². The first-order chi connectivity index (χ1) is 10.2. The van der Waals surface area contributed by atoms with Gasteiger partial charge in [0.1, 0.15) is 5.76 Å². The maximum atomic E-state index is 6.03. The highest BCUT2D eigenvalue weighted by atomic mass is 16.4. The number of hydrogen-bond donors (Lipinski definition) is 1. The summed E-state index contributed by atoms with van der Waals surface area (Å²) in [6, 6.07) is 0.529. The molecule has 0 radical (unpaired) electrons. The lowest BCUT2D eigenvalue weighted by Gasteiger charge is -2.38. The van der Waals surface area contributed by atoms with Crippen LogP contribution in [-0.2, 0) is 6.42 Å². The Morgan fingerprint density at radius 3 is 2.81 bits per heavy atom. The predicted octanol–water partition coefficient (Wildman–Crippen LogP) is 4.29. The van der Waals surface area contributed by atoms with E-state index in [1.54, 1.807) is 0 Å². The number of nitrogens with zero attached hydrogens (tertiary/aromatic N) is 1. The first-order valence-corrected chi connectivity index (χ1v) is 8.90. The summed E-state index contributed by atoms with van der Waals surface area (Å²) in [5.74, 6) is 4.65. The summed E-state index contributed by atoms with van der Waals surface area (Å²) in [6.07, 6.45) is 12.8. The first kappa shape index (κ1) is 15.1. The highest BCUT2D eigenvalue weighted by Crippen LogP contribution is 2.46. The van der Waals surface area contributed by atoms with Gasteiger partial charge >= 0.3 is 0 Å². The summed E-state index contributed by atoms with van der Waals surface area (Å²) in [7, 11) is 0. The molecule has 118 valence electrons. The van der Waals surface area contributed by atoms with Gasteiger partial charge < -0.3 is 9.73 Å². The Hall–Kier alpha value is -0.830. The molecule has 2 aliphatic carbocycles. The average molecular weight is 290 g/mol. The smallest absolute Gasteiger partial charge is 0.195 e. The summed E-state index contributed by atoms with van der Waals surface area (Å²) in [4.78, 5) is 4.49. The first-order valence-electron chi connectivity index (χ1n) is 8.90. The SMILES string of the molecule is CC(C)NCCc1ncc(C2CCC3CCCCC3C2)o1. The minimum atomic E-state index is 0.529. The van der Waals surface area contributed by atoms with Gasteiger partial charge in [-0.3, -0.25) is 0 Å². The molecule has 0 saturated heterocycles. The summed E-state index contributed by atoms with van der Waals surface area (Å²) < 4.78 is 6.03. The lowest BCUT2D eigenvalue weighted by Crippen LogP contribution is -2.26. The average Bonchev–Trinajstić information content (AvgIpc) is 2.95. The number of nitrogens with one attached hydrogen (secondary N) is 1. The largest absolute Gasteiger partial charge is 0.445 e. The molecule has 3 rings (SSSR count). The van der Waals surface area contributed by atoms with E-state index >= 15 is 0 Å². The van der Waals surface area contributed by atoms with Crippen molar-refractivity contribution in [2.75, 3.05) is 6.54 Å². The number of oxazole rings is 1. The zero-order valence-electron chi connectivity index (χ0n) is 13.6. The zero-order chi connectivity index (χ0) is 14.7. The molecular weight excluding hydrogens is 260 g/mol. The van der Waals surface area contributed by atoms with Crippen LogP contribution in [0, 0.1) is 11.8 Å². The van der Waals surface area contributed by atoms with Gasteiger partial charge in [0.2, 0.25) is 0 Å². The second-order valence-electron chi connectivity index (χ2n) is 7.33. The standard InChI is InChI=1S/C18H30N2O/c1-13(2)19-10-9-18-20-12-17(21-18)16-8-7-14-5-3-4-6-15(14)11-16/h12-16,19H,3-11H2,1-2H3. The third-order valence-corrected chi connectivity index (χ3v) is 5.40. The molecule has 21 heavy (non-hydrogen) atoms. The molecule has 2 aliphatic rings. The Bertz CT molecular complexity index is 440. The summed E-state index contributed by atoms with van der Waals surface area (Å²) in [6.45, 7) is 5.29. The number of rotatable bonds is 5. The summed E-state index contributed by atoms with van der Waals surface area (Å²) >= 11 is 0. The lowest BCUT2D eigenvalue weighted by molar-refractivity contribution is 0.147. The molecule has 2 fully saturated rings. The topological polar surface area (TPSA) is 38.1 Å². The van der Waals surface area contributed by atoms with Gasteiger partial charge in [-0.15, -0.1) is 0 Å². The van der Waals surface area contributed by atoms with Crippen molar-refractivity contribution in [3.05, 3.63) is 17.8 Å². The van der Waals surface area contributed by atoms with Gasteiger partial charge in [-0.2, -0.15) is 0 Å². The molecule has 3 heteroatoms. The van der Waals surface area contributed by atoms with Crippen LogP contribution >= 0.6 is 0 Å². The van der Waals surface area contributed by atoms with Crippen molar-refractivity contribution in [2.24, 2.45) is 11.8 Å². The van der Waals surface area contributed by atoms with Gasteiger partial charge in [0.25, 0.3) is 0 Å². The Balaban J connectivity index is 1.53. The van der Waals surface area contributed by atoms with Crippen molar-refractivity contribution in [3.63, 3.8) is 0 Å². The molecule has 1 N–H and O–H groups in total. The van der Waals surface area contributed by atoms with Gasteiger partial charge in [0.15, 0.2) is 5.89 Å². The second-order valence-corrected chi connectivity index (χ2v) is 7.33. The molecule has 0 amide bonds. The highest BCUT2D eigenvalue weighted by molar-refractivity contribution is 5.05. The van der Waals surface area contributed by atoms with Gasteiger partial charge in [-0.1, -0.05) is 39.5 Å². The van der Waals surface area contributed by atoms with Crippen LogP contribution in [0.5, 0.6) is 0 Å². The number of hydrogen-bond acceptors (Lipinski definition) is 3. The molecule has 0 aromatic carbocycles. The molecule has 0 aliphatic heterocycles. The van der Waals surface area contributed by atoms with E-state index < -0.39 is 0 Å². The molecule has 2 saturated carbocycles. The second kappa shape index (κ2) is 6.95. The maximum absolute atomic E-state index is 6.03. The van der Waals surface area contributed by atoms with Crippen LogP contribution in [0.3, 0.4) is 0 Å². The van der Waals surface area contributed by atoms with Crippen molar-refractivity contribution in [1.82, 2.24) is 10.3 Å². The van der Waals surface area contributed by atoms with E-state index in [0.717, 1.165) is 36.5 Å². The van der Waals surface area contributed by atoms with Crippen molar-refractivity contribution in [2.45, 2.75) is 77.2 Å². The molecule has 0 bridgehead atoms. The van der Waals surface area contributed by atoms with Crippen LogP contribution in [0.2, 0.25) is 0 Å². The van der Waals surface area contributed by atoms with E-state index in [-0.39, 0.29) is 0 Å². The third-order valence-electron chi connectivity index (χ3n) is 5.40. The molecule has 3 nitrogen and oxygen atoms in total. The lowest BCUT2D eigenvalue weighted by atomic mass is 9.67. The van der Waals surface area contributed by atoms with E-state index in [2.05, 4.69) is 24.1 Å². The van der Waals surface area contributed by atoms with Gasteiger partial charge in [0.05, 0.1) is 6.20 Å². The van der Waals surface area contributed by atoms with Crippen LogP contribution in [0.4, 0.5) is 0 Å². The van der Waals surface area contributed by atoms with Crippen molar-refractivity contribution in [3.8, 4) is 0 Å². The molecule has 3 atom stereocenters. The summed E-state index contributed by atoms with van der Waals surface area (Å²) in [5.41, 5.74) is 0. The molecule has 1 aromatic rings. The third kappa shape index (κ3) is 3.88. The van der Waals surface area contributed by atoms with Gasteiger partial charge in [-0.05, 0) is 31.1 Å². The van der Waals surface area contributed by atoms with Gasteiger partial charge in [-0.25, -0.2) is 4.98 Å². The Labute approximate surface area is 128 Å². The molecular formula is C18H30N2O. The zero-order valence-corrected chi connectivity index (χ0v) is 13.6. The van der Waals surface area contributed by atoms with Crippen LogP contribution in [0.1, 0.15) is 76.4 Å². The highest BCUT2D eigenvalue weighted by Gasteiger charge is 2.34.